The maximum Gasteiger partial charge on any atom is 0.223 e. The molecule has 3 rings (SSSR count). The first-order valence-electron chi connectivity index (χ1n) is 10.4. The van der Waals surface area contributed by atoms with Crippen LogP contribution in [-0.4, -0.2) is 59.9 Å². The zero-order valence-electron chi connectivity index (χ0n) is 17.4. The Bertz CT molecular complexity index is 674. The fourth-order valence-electron chi connectivity index (χ4n) is 3.93. The number of ether oxygens (including phenoxy) is 1. The fourth-order valence-corrected chi connectivity index (χ4v) is 3.93. The third-order valence-corrected chi connectivity index (χ3v) is 5.43. The first kappa shape index (κ1) is 23.8. The number of rotatable bonds is 7. The summed E-state index contributed by atoms with van der Waals surface area (Å²) in [6.07, 6.45) is 7.52. The van der Waals surface area contributed by atoms with Crippen LogP contribution in [0.4, 0.5) is 0 Å². The third kappa shape index (κ3) is 7.09. The maximum atomic E-state index is 12.2. The van der Waals surface area contributed by atoms with E-state index in [1.165, 1.54) is 19.3 Å². The third-order valence-electron chi connectivity index (χ3n) is 5.43. The minimum absolute atomic E-state index is 0. The van der Waals surface area contributed by atoms with Gasteiger partial charge in [-0.1, -0.05) is 19.3 Å². The van der Waals surface area contributed by atoms with Crippen molar-refractivity contribution in [1.29, 1.82) is 0 Å². The van der Waals surface area contributed by atoms with Crippen molar-refractivity contribution in [2.45, 2.75) is 64.1 Å². The molecule has 2 heterocycles. The number of amides is 1. The fraction of sp³-hybridized carbons (Fsp3) is 0.789. The molecular formula is C19H34IN7O2. The normalized spacial score (nSPS) is 19.8. The summed E-state index contributed by atoms with van der Waals surface area (Å²) in [6, 6.07) is 0.243. The molecule has 1 aromatic heterocycles. The largest absolute Gasteiger partial charge is 0.377 e. The molecule has 0 radical (unpaired) electrons. The van der Waals surface area contributed by atoms with Crippen molar-refractivity contribution in [3.05, 3.63) is 11.6 Å². The van der Waals surface area contributed by atoms with Gasteiger partial charge in [-0.3, -0.25) is 9.79 Å². The molecule has 0 bridgehead atoms. The number of nitrogens with one attached hydrogen (secondary N) is 3. The van der Waals surface area contributed by atoms with E-state index < -0.39 is 0 Å². The van der Waals surface area contributed by atoms with Gasteiger partial charge in [0.1, 0.15) is 12.4 Å². The van der Waals surface area contributed by atoms with Crippen LogP contribution in [-0.2, 0) is 29.1 Å². The highest BCUT2D eigenvalue weighted by atomic mass is 127. The number of aryl methyl sites for hydroxylation is 1. The van der Waals surface area contributed by atoms with Crippen LogP contribution in [0.5, 0.6) is 0 Å². The van der Waals surface area contributed by atoms with Crippen molar-refractivity contribution in [3.8, 4) is 0 Å². The molecule has 1 amide bonds. The molecule has 1 fully saturated rings. The smallest absolute Gasteiger partial charge is 0.223 e. The van der Waals surface area contributed by atoms with E-state index in [2.05, 4.69) is 31.0 Å². The zero-order valence-corrected chi connectivity index (χ0v) is 19.8. The van der Waals surface area contributed by atoms with Crippen molar-refractivity contribution in [3.63, 3.8) is 0 Å². The van der Waals surface area contributed by atoms with E-state index in [0.29, 0.717) is 19.7 Å². The first-order valence-corrected chi connectivity index (χ1v) is 10.4. The van der Waals surface area contributed by atoms with Crippen molar-refractivity contribution >= 4 is 35.8 Å². The van der Waals surface area contributed by atoms with Gasteiger partial charge < -0.3 is 20.7 Å². The Kier molecular flexibility index (Phi) is 10.1. The number of fused-ring (bicyclic) bond motifs is 1. The number of methoxy groups -OCH3 is 1. The minimum Gasteiger partial charge on any atom is -0.377 e. The standard InChI is InChI=1S/C19H33N7O2.HI/c1-20-19(22-11-10-21-18(27)14-6-4-3-5-7-14)23-15-8-9-17-24-16(13-28-2)25-26(17)12-15;/h14-15H,3-13H2,1-2H3,(H,21,27)(H2,20,22,23);1H. The second kappa shape index (κ2) is 12.3. The number of guanidine groups is 1. The van der Waals surface area contributed by atoms with Crippen molar-refractivity contribution in [2.24, 2.45) is 10.9 Å². The monoisotopic (exact) mass is 519 g/mol. The van der Waals surface area contributed by atoms with E-state index in [1.807, 2.05) is 4.68 Å². The second-order valence-electron chi connectivity index (χ2n) is 7.56. The van der Waals surface area contributed by atoms with Crippen LogP contribution in [0.25, 0.3) is 0 Å². The summed E-state index contributed by atoms with van der Waals surface area (Å²) < 4.78 is 7.06. The molecule has 3 N–H and O–H groups in total. The molecule has 1 saturated carbocycles. The van der Waals surface area contributed by atoms with Crippen molar-refractivity contribution in [2.75, 3.05) is 27.2 Å². The van der Waals surface area contributed by atoms with Gasteiger partial charge in [0, 0.05) is 45.6 Å². The minimum atomic E-state index is 0. The quantitative estimate of drug-likeness (QED) is 0.217. The van der Waals surface area contributed by atoms with Gasteiger partial charge in [-0.25, -0.2) is 9.67 Å². The van der Waals surface area contributed by atoms with E-state index in [0.717, 1.165) is 49.8 Å². The molecule has 2 aliphatic rings. The predicted molar refractivity (Wildman–Crippen MR) is 122 cm³/mol. The highest BCUT2D eigenvalue weighted by Gasteiger charge is 2.23. The number of carbonyl (C=O) groups is 1. The lowest BCUT2D eigenvalue weighted by atomic mass is 9.89. The second-order valence-corrected chi connectivity index (χ2v) is 7.56. The summed E-state index contributed by atoms with van der Waals surface area (Å²) in [5, 5.41) is 14.3. The number of hydrogen-bond acceptors (Lipinski definition) is 5. The van der Waals surface area contributed by atoms with E-state index >= 15 is 0 Å². The summed E-state index contributed by atoms with van der Waals surface area (Å²) in [4.78, 5) is 21.0. The lowest BCUT2D eigenvalue weighted by Gasteiger charge is -2.25. The number of halogens is 1. The molecule has 0 saturated heterocycles. The van der Waals surface area contributed by atoms with Gasteiger partial charge in [-0.05, 0) is 19.3 Å². The Morgan fingerprint density at radius 2 is 1.97 bits per heavy atom. The molecule has 1 unspecified atom stereocenters. The van der Waals surface area contributed by atoms with Crippen LogP contribution in [0.1, 0.15) is 50.2 Å². The molecule has 0 aromatic carbocycles. The maximum absolute atomic E-state index is 12.2. The lowest BCUT2D eigenvalue weighted by molar-refractivity contribution is -0.125. The zero-order chi connectivity index (χ0) is 19.8. The molecule has 1 aliphatic heterocycles. The van der Waals surface area contributed by atoms with E-state index in [9.17, 15) is 4.79 Å². The van der Waals surface area contributed by atoms with Gasteiger partial charge in [0.2, 0.25) is 5.91 Å². The SMILES string of the molecule is CN=C(NCCNC(=O)C1CCCCC1)NC1CCc2nc(COC)nn2C1.I. The van der Waals surface area contributed by atoms with Gasteiger partial charge in [-0.15, -0.1) is 24.0 Å². The summed E-state index contributed by atoms with van der Waals surface area (Å²) in [7, 11) is 3.41. The highest BCUT2D eigenvalue weighted by Crippen LogP contribution is 2.23. The van der Waals surface area contributed by atoms with Gasteiger partial charge in [-0.2, -0.15) is 5.10 Å². The van der Waals surface area contributed by atoms with Crippen LogP contribution < -0.4 is 16.0 Å². The van der Waals surface area contributed by atoms with Crippen LogP contribution in [0, 0.1) is 5.92 Å². The Morgan fingerprint density at radius 3 is 2.69 bits per heavy atom. The predicted octanol–water partition coefficient (Wildman–Crippen LogP) is 1.22. The van der Waals surface area contributed by atoms with Gasteiger partial charge in [0.15, 0.2) is 11.8 Å². The number of hydrogen-bond donors (Lipinski definition) is 3. The Labute approximate surface area is 189 Å². The van der Waals surface area contributed by atoms with Crippen molar-refractivity contribution < 1.29 is 9.53 Å². The molecule has 1 aliphatic carbocycles. The van der Waals surface area contributed by atoms with Crippen molar-refractivity contribution in [1.82, 2.24) is 30.7 Å². The van der Waals surface area contributed by atoms with Gasteiger partial charge in [0.05, 0.1) is 6.54 Å². The molecule has 1 aromatic rings. The number of carbonyl (C=O) groups excluding carboxylic acids is 1. The number of aliphatic imine (C=N–C) groups is 1. The molecule has 29 heavy (non-hydrogen) atoms. The van der Waals surface area contributed by atoms with Crippen LogP contribution in [0.2, 0.25) is 0 Å². The topological polar surface area (TPSA) is 105 Å². The molecule has 164 valence electrons. The molecular weight excluding hydrogens is 485 g/mol. The molecule has 1 atom stereocenters. The average Bonchev–Trinajstić information content (AvgIpc) is 3.12. The van der Waals surface area contributed by atoms with Crippen LogP contribution in [0.15, 0.2) is 4.99 Å². The van der Waals surface area contributed by atoms with E-state index in [-0.39, 0.29) is 41.8 Å². The van der Waals surface area contributed by atoms with Crippen LogP contribution >= 0.6 is 24.0 Å². The lowest BCUT2D eigenvalue weighted by Crippen LogP contribution is -2.48. The van der Waals surface area contributed by atoms with Gasteiger partial charge in [0.25, 0.3) is 0 Å². The van der Waals surface area contributed by atoms with E-state index in [1.54, 1.807) is 14.2 Å². The average molecular weight is 519 g/mol. The van der Waals surface area contributed by atoms with Gasteiger partial charge >= 0.3 is 0 Å². The number of aromatic nitrogens is 3. The summed E-state index contributed by atoms with van der Waals surface area (Å²) >= 11 is 0. The van der Waals surface area contributed by atoms with Crippen LogP contribution in [0.3, 0.4) is 0 Å². The summed E-state index contributed by atoms with van der Waals surface area (Å²) in [5.41, 5.74) is 0. The Morgan fingerprint density at radius 1 is 1.21 bits per heavy atom. The molecule has 10 heteroatoms. The molecule has 9 nitrogen and oxygen atoms in total. The molecule has 0 spiro atoms. The summed E-state index contributed by atoms with van der Waals surface area (Å²) in [5.74, 6) is 2.89. The first-order chi connectivity index (χ1) is 13.7. The Hall–Kier alpha value is -1.43. The number of nitrogens with zero attached hydrogens (tertiary/aromatic N) is 4. The van der Waals surface area contributed by atoms with E-state index in [4.69, 9.17) is 4.74 Å². The summed E-state index contributed by atoms with van der Waals surface area (Å²) in [6.45, 7) is 2.45. The Balaban J connectivity index is 0.00000300. The highest BCUT2D eigenvalue weighted by molar-refractivity contribution is 14.0.